The molecule has 3 aromatic carbocycles. The number of halogens is 2. The number of fused-ring (bicyclic) bond motifs is 2. The van der Waals surface area contributed by atoms with Gasteiger partial charge in [-0.15, -0.1) is 24.8 Å². The van der Waals surface area contributed by atoms with Crippen LogP contribution < -0.4 is 0 Å². The summed E-state index contributed by atoms with van der Waals surface area (Å²) in [6, 6.07) is 23.3. The second-order valence-corrected chi connectivity index (χ2v) is 9.85. The minimum atomic E-state index is 0. The van der Waals surface area contributed by atoms with E-state index >= 15 is 0 Å². The van der Waals surface area contributed by atoms with Crippen LogP contribution in [0.25, 0.3) is 11.1 Å². The predicted molar refractivity (Wildman–Crippen MR) is 142 cm³/mol. The molecule has 0 bridgehead atoms. The Labute approximate surface area is 209 Å². The van der Waals surface area contributed by atoms with Gasteiger partial charge < -0.3 is 4.90 Å². The van der Waals surface area contributed by atoms with Crippen LogP contribution in [-0.4, -0.2) is 43.0 Å². The van der Waals surface area contributed by atoms with Crippen LogP contribution in [0.15, 0.2) is 70.5 Å². The topological polar surface area (TPSA) is 6.48 Å². The van der Waals surface area contributed by atoms with E-state index in [0.29, 0.717) is 6.04 Å². The van der Waals surface area contributed by atoms with Crippen LogP contribution >= 0.6 is 36.6 Å². The van der Waals surface area contributed by atoms with E-state index in [-0.39, 0.29) is 24.8 Å². The van der Waals surface area contributed by atoms with Crippen molar-refractivity contribution in [1.82, 2.24) is 9.80 Å². The van der Waals surface area contributed by atoms with Gasteiger partial charge in [0.25, 0.3) is 0 Å². The first kappa shape index (κ1) is 25.1. The summed E-state index contributed by atoms with van der Waals surface area (Å²) in [7, 11) is 2.24. The third-order valence-corrected chi connectivity index (χ3v) is 8.08. The van der Waals surface area contributed by atoms with E-state index in [2.05, 4.69) is 91.4 Å². The first-order valence-electron chi connectivity index (χ1n) is 11.0. The Morgan fingerprint density at radius 3 is 2.34 bits per heavy atom. The van der Waals surface area contributed by atoms with Crippen LogP contribution in [0.3, 0.4) is 0 Å². The molecule has 1 atom stereocenters. The average molecular weight is 488 g/mol. The highest BCUT2D eigenvalue weighted by atomic mass is 35.5. The molecule has 0 spiro atoms. The fourth-order valence-electron chi connectivity index (χ4n) is 4.80. The van der Waals surface area contributed by atoms with Crippen molar-refractivity contribution in [1.29, 1.82) is 0 Å². The summed E-state index contributed by atoms with van der Waals surface area (Å²) in [6.07, 6.45) is 1.09. The van der Waals surface area contributed by atoms with Gasteiger partial charge in [-0.25, -0.2) is 0 Å². The fraction of sp³-hybridized carbons (Fsp3) is 0.333. The Hall–Kier alpha value is -1.49. The van der Waals surface area contributed by atoms with Crippen molar-refractivity contribution in [2.24, 2.45) is 0 Å². The second-order valence-electron chi connectivity index (χ2n) is 8.77. The lowest BCUT2D eigenvalue weighted by atomic mass is 9.91. The zero-order valence-electron chi connectivity index (χ0n) is 19.0. The van der Waals surface area contributed by atoms with Gasteiger partial charge in [-0.2, -0.15) is 0 Å². The lowest BCUT2D eigenvalue weighted by Gasteiger charge is -2.38. The molecule has 1 unspecified atom stereocenters. The molecule has 0 aromatic heterocycles. The summed E-state index contributed by atoms with van der Waals surface area (Å²) in [4.78, 5) is 7.99. The number of hydrogen-bond acceptors (Lipinski definition) is 3. The van der Waals surface area contributed by atoms with Crippen molar-refractivity contribution in [3.8, 4) is 11.1 Å². The number of rotatable bonds is 2. The van der Waals surface area contributed by atoms with Crippen LogP contribution in [0.2, 0.25) is 0 Å². The van der Waals surface area contributed by atoms with Crippen molar-refractivity contribution in [2.75, 3.05) is 33.2 Å². The van der Waals surface area contributed by atoms with Crippen molar-refractivity contribution in [2.45, 2.75) is 36.1 Å². The third-order valence-electron chi connectivity index (χ3n) is 6.87. The molecule has 0 N–H and O–H groups in total. The molecule has 0 saturated carbocycles. The monoisotopic (exact) mass is 486 g/mol. The summed E-state index contributed by atoms with van der Waals surface area (Å²) in [5.74, 6) is 0. The Kier molecular flexibility index (Phi) is 8.35. The normalized spacial score (nSPS) is 18.5. The third kappa shape index (κ3) is 4.88. The number of aryl methyl sites for hydroxylation is 1. The quantitative estimate of drug-likeness (QED) is 0.392. The number of likely N-dealkylation sites (N-methyl/N-ethyl adjacent to an activating group) is 1. The van der Waals surface area contributed by atoms with Gasteiger partial charge in [0.15, 0.2) is 0 Å². The van der Waals surface area contributed by atoms with E-state index in [4.69, 9.17) is 0 Å². The SMILES string of the molecule is Cc1cccc(-c2ccc3c(c2)C(N2CCN(C)CC2)Cc2ccccc2S3)c1C.Cl.Cl. The number of nitrogens with zero attached hydrogens (tertiary/aromatic N) is 2. The van der Waals surface area contributed by atoms with Gasteiger partial charge >= 0.3 is 0 Å². The van der Waals surface area contributed by atoms with E-state index in [1.165, 1.54) is 43.2 Å². The van der Waals surface area contributed by atoms with Gasteiger partial charge in [0, 0.05) is 42.0 Å². The van der Waals surface area contributed by atoms with Crippen LogP contribution in [0.1, 0.15) is 28.3 Å². The predicted octanol–water partition coefficient (Wildman–Crippen LogP) is 6.81. The zero-order chi connectivity index (χ0) is 20.7. The zero-order valence-corrected chi connectivity index (χ0v) is 21.5. The Balaban J connectivity index is 0.00000144. The van der Waals surface area contributed by atoms with Crippen molar-refractivity contribution in [3.63, 3.8) is 0 Å². The minimum absolute atomic E-state index is 0. The van der Waals surface area contributed by atoms with E-state index in [1.54, 1.807) is 0 Å². The van der Waals surface area contributed by atoms with Crippen LogP contribution in [0, 0.1) is 13.8 Å². The molecular weight excluding hydrogens is 455 g/mol. The van der Waals surface area contributed by atoms with E-state index < -0.39 is 0 Å². The molecule has 2 aliphatic heterocycles. The van der Waals surface area contributed by atoms with E-state index in [0.717, 1.165) is 32.6 Å². The molecule has 2 heterocycles. The molecule has 32 heavy (non-hydrogen) atoms. The molecule has 0 radical (unpaired) electrons. The molecule has 5 heteroatoms. The molecule has 5 rings (SSSR count). The van der Waals surface area contributed by atoms with Gasteiger partial charge in [-0.1, -0.05) is 54.2 Å². The molecule has 2 nitrogen and oxygen atoms in total. The maximum Gasteiger partial charge on any atom is 0.0401 e. The maximum absolute atomic E-state index is 2.72. The largest absolute Gasteiger partial charge is 0.304 e. The number of hydrogen-bond donors (Lipinski definition) is 0. The van der Waals surface area contributed by atoms with Crippen LogP contribution in [0.4, 0.5) is 0 Å². The van der Waals surface area contributed by atoms with E-state index in [1.807, 2.05) is 11.8 Å². The van der Waals surface area contributed by atoms with Gasteiger partial charge in [0.05, 0.1) is 0 Å². The standard InChI is InChI=1S/C27H30N2S.2ClH/c1-19-7-6-9-23(20(19)2)21-11-12-27-24(17-21)25(29-15-13-28(3)14-16-29)18-22-8-4-5-10-26(22)30-27;;/h4-12,17,25H,13-16,18H2,1-3H3;2*1H. The van der Waals surface area contributed by atoms with Crippen LogP contribution in [0.5, 0.6) is 0 Å². The molecule has 1 saturated heterocycles. The summed E-state index contributed by atoms with van der Waals surface area (Å²) >= 11 is 1.95. The molecule has 1 fully saturated rings. The molecule has 170 valence electrons. The van der Waals surface area contributed by atoms with Crippen molar-refractivity contribution in [3.05, 3.63) is 82.9 Å². The maximum atomic E-state index is 2.72. The van der Waals surface area contributed by atoms with Gasteiger partial charge in [0.2, 0.25) is 0 Å². The minimum Gasteiger partial charge on any atom is -0.304 e. The molecule has 0 aliphatic carbocycles. The van der Waals surface area contributed by atoms with Gasteiger partial charge in [0.1, 0.15) is 0 Å². The highest BCUT2D eigenvalue weighted by Gasteiger charge is 2.29. The lowest BCUT2D eigenvalue weighted by molar-refractivity contribution is 0.110. The average Bonchev–Trinajstić information content (AvgIpc) is 2.92. The van der Waals surface area contributed by atoms with Crippen LogP contribution in [-0.2, 0) is 6.42 Å². The highest BCUT2D eigenvalue weighted by molar-refractivity contribution is 7.99. The first-order valence-corrected chi connectivity index (χ1v) is 11.8. The lowest BCUT2D eigenvalue weighted by Crippen LogP contribution is -2.46. The molecular formula is C27H32Cl2N2S. The highest BCUT2D eigenvalue weighted by Crippen LogP contribution is 2.44. The van der Waals surface area contributed by atoms with Gasteiger partial charge in [-0.05, 0) is 78.9 Å². The smallest absolute Gasteiger partial charge is 0.0401 e. The second kappa shape index (κ2) is 10.6. The van der Waals surface area contributed by atoms with Crippen molar-refractivity contribution >= 4 is 36.6 Å². The fourth-order valence-corrected chi connectivity index (χ4v) is 5.92. The first-order chi connectivity index (χ1) is 14.6. The van der Waals surface area contributed by atoms with Gasteiger partial charge in [-0.3, -0.25) is 4.90 Å². The molecule has 0 amide bonds. The summed E-state index contributed by atoms with van der Waals surface area (Å²) < 4.78 is 0. The van der Waals surface area contributed by atoms with Crippen molar-refractivity contribution < 1.29 is 0 Å². The summed E-state index contributed by atoms with van der Waals surface area (Å²) in [6.45, 7) is 9.04. The molecule has 3 aromatic rings. The Bertz CT molecular complexity index is 1080. The summed E-state index contributed by atoms with van der Waals surface area (Å²) in [5, 5.41) is 0. The summed E-state index contributed by atoms with van der Waals surface area (Å²) in [5.41, 5.74) is 8.44. The number of piperazine rings is 1. The molecule has 2 aliphatic rings. The Morgan fingerprint density at radius 1 is 0.812 bits per heavy atom. The number of benzene rings is 3. The Morgan fingerprint density at radius 2 is 1.56 bits per heavy atom. The van der Waals surface area contributed by atoms with E-state index in [9.17, 15) is 0 Å².